The van der Waals surface area contributed by atoms with Gasteiger partial charge in [0.25, 0.3) is 0 Å². The second kappa shape index (κ2) is 12.5. The van der Waals surface area contributed by atoms with Gasteiger partial charge in [0.1, 0.15) is 11.5 Å². The van der Waals surface area contributed by atoms with Crippen molar-refractivity contribution in [3.05, 3.63) is 179 Å². The van der Waals surface area contributed by atoms with Crippen molar-refractivity contribution in [2.24, 2.45) is 5.73 Å². The molecule has 1 aliphatic heterocycles. The Balaban J connectivity index is 0.000000430. The number of rotatable bonds is 4. The van der Waals surface area contributed by atoms with E-state index in [1.165, 1.54) is 10.9 Å². The molecule has 7 aromatic rings. The summed E-state index contributed by atoms with van der Waals surface area (Å²) in [5.74, 6) is 1.66. The molecule has 0 bridgehead atoms. The summed E-state index contributed by atoms with van der Waals surface area (Å²) in [6.07, 6.45) is 5.99. The third kappa shape index (κ3) is 5.60. The number of nitrogens with two attached hydrogens (primary N) is 1. The van der Waals surface area contributed by atoms with Crippen LogP contribution in [0.1, 0.15) is 27.8 Å². The van der Waals surface area contributed by atoms with Crippen LogP contribution in [0.3, 0.4) is 0 Å². The summed E-state index contributed by atoms with van der Waals surface area (Å²) >= 11 is 0. The molecule has 222 valence electrons. The van der Waals surface area contributed by atoms with Gasteiger partial charge in [-0.05, 0) is 66.6 Å². The van der Waals surface area contributed by atoms with E-state index in [1.54, 1.807) is 6.08 Å². The van der Waals surface area contributed by atoms with E-state index in [4.69, 9.17) is 15.9 Å². The van der Waals surface area contributed by atoms with Crippen LogP contribution in [0.5, 0.6) is 11.5 Å². The average molecular weight is 596 g/mol. The first-order valence-electron chi connectivity index (χ1n) is 15.3. The number of hydrogen-bond donors (Lipinski definition) is 2. The first kappa shape index (κ1) is 28.6. The SMILES string of the molecule is Cc1ccccc1.N=C(/C=C(\N)c1cccc(-n2c3ccccc3c3ccc4c(c32)C=Cc2ccccc2O4)c1)c1ccccc1. The van der Waals surface area contributed by atoms with Gasteiger partial charge in [-0.3, -0.25) is 0 Å². The fourth-order valence-electron chi connectivity index (χ4n) is 5.88. The van der Waals surface area contributed by atoms with Crippen LogP contribution in [0, 0.1) is 12.3 Å². The predicted octanol–water partition coefficient (Wildman–Crippen LogP) is 10.4. The van der Waals surface area contributed by atoms with Crippen molar-refractivity contribution in [3.8, 4) is 17.2 Å². The number of nitrogens with one attached hydrogen (secondary N) is 1. The molecule has 3 N–H and O–H groups in total. The van der Waals surface area contributed by atoms with Crippen LogP contribution in [-0.2, 0) is 0 Å². The number of para-hydroxylation sites is 2. The molecule has 0 atom stereocenters. The normalized spacial score (nSPS) is 12.0. The van der Waals surface area contributed by atoms with Crippen LogP contribution in [-0.4, -0.2) is 10.3 Å². The van der Waals surface area contributed by atoms with E-state index in [9.17, 15) is 0 Å². The van der Waals surface area contributed by atoms with Crippen molar-refractivity contribution in [3.63, 3.8) is 0 Å². The number of nitrogens with zero attached hydrogens (tertiary/aromatic N) is 1. The molecule has 6 aromatic carbocycles. The molecule has 1 aromatic heterocycles. The van der Waals surface area contributed by atoms with Gasteiger partial charge in [-0.2, -0.15) is 0 Å². The lowest BCUT2D eigenvalue weighted by molar-refractivity contribution is 0.482. The summed E-state index contributed by atoms with van der Waals surface area (Å²) in [6, 6.07) is 48.8. The third-order valence-corrected chi connectivity index (χ3v) is 8.17. The first-order valence-corrected chi connectivity index (χ1v) is 15.3. The number of ether oxygens (including phenoxy) is 1. The summed E-state index contributed by atoms with van der Waals surface area (Å²) in [7, 11) is 0. The molecule has 0 saturated carbocycles. The summed E-state index contributed by atoms with van der Waals surface area (Å²) in [5, 5.41) is 10.8. The van der Waals surface area contributed by atoms with Crippen LogP contribution >= 0.6 is 0 Å². The Morgan fingerprint density at radius 2 is 1.35 bits per heavy atom. The van der Waals surface area contributed by atoms with Crippen LogP contribution in [0.2, 0.25) is 0 Å². The monoisotopic (exact) mass is 595 g/mol. The van der Waals surface area contributed by atoms with Crippen molar-refractivity contribution >= 4 is 45.4 Å². The van der Waals surface area contributed by atoms with E-state index in [0.717, 1.165) is 55.9 Å². The van der Waals surface area contributed by atoms with E-state index in [0.29, 0.717) is 11.4 Å². The lowest BCUT2D eigenvalue weighted by Crippen LogP contribution is -2.04. The van der Waals surface area contributed by atoms with E-state index in [1.807, 2.05) is 78.9 Å². The highest BCUT2D eigenvalue weighted by Crippen LogP contribution is 2.42. The fraction of sp³-hybridized carbons (Fsp3) is 0.0238. The number of hydrogen-bond acceptors (Lipinski definition) is 3. The minimum Gasteiger partial charge on any atom is -0.456 e. The van der Waals surface area contributed by atoms with Gasteiger partial charge in [0, 0.05) is 33.3 Å². The maximum absolute atomic E-state index is 8.52. The topological polar surface area (TPSA) is 64.0 Å². The molecule has 0 unspecified atom stereocenters. The Morgan fingerprint density at radius 1 is 0.652 bits per heavy atom. The van der Waals surface area contributed by atoms with Crippen LogP contribution in [0.15, 0.2) is 152 Å². The number of fused-ring (bicyclic) bond motifs is 6. The molecule has 4 heteroatoms. The molecule has 0 saturated heterocycles. The van der Waals surface area contributed by atoms with Gasteiger partial charge in [-0.25, -0.2) is 0 Å². The van der Waals surface area contributed by atoms with Crippen molar-refractivity contribution in [1.29, 1.82) is 5.41 Å². The second-order valence-electron chi connectivity index (χ2n) is 11.3. The second-order valence-corrected chi connectivity index (χ2v) is 11.3. The molecule has 0 fully saturated rings. The zero-order chi connectivity index (χ0) is 31.5. The minimum atomic E-state index is 0.377. The summed E-state index contributed by atoms with van der Waals surface area (Å²) in [6.45, 7) is 2.08. The van der Waals surface area contributed by atoms with Crippen LogP contribution in [0.4, 0.5) is 0 Å². The lowest BCUT2D eigenvalue weighted by atomic mass is 10.1. The Morgan fingerprint density at radius 3 is 2.13 bits per heavy atom. The summed E-state index contributed by atoms with van der Waals surface area (Å²) in [4.78, 5) is 0. The predicted molar refractivity (Wildman–Crippen MR) is 193 cm³/mol. The van der Waals surface area contributed by atoms with Gasteiger partial charge >= 0.3 is 0 Å². The van der Waals surface area contributed by atoms with Crippen LogP contribution < -0.4 is 10.5 Å². The summed E-state index contributed by atoms with van der Waals surface area (Å²) in [5.41, 5.74) is 15.7. The first-order chi connectivity index (χ1) is 22.6. The number of aromatic nitrogens is 1. The highest BCUT2D eigenvalue weighted by molar-refractivity contribution is 6.13. The Hall–Kier alpha value is -6.13. The Labute approximate surface area is 268 Å². The highest BCUT2D eigenvalue weighted by atomic mass is 16.5. The van der Waals surface area contributed by atoms with Crippen molar-refractivity contribution < 1.29 is 4.74 Å². The van der Waals surface area contributed by atoms with E-state index < -0.39 is 0 Å². The van der Waals surface area contributed by atoms with Gasteiger partial charge in [-0.1, -0.05) is 121 Å². The van der Waals surface area contributed by atoms with Gasteiger partial charge in [0.15, 0.2) is 0 Å². The van der Waals surface area contributed by atoms with Gasteiger partial charge in [0.2, 0.25) is 0 Å². The van der Waals surface area contributed by atoms with E-state index in [2.05, 4.69) is 90.4 Å². The maximum Gasteiger partial charge on any atom is 0.136 e. The zero-order valence-corrected chi connectivity index (χ0v) is 25.5. The minimum absolute atomic E-state index is 0.377. The molecule has 2 heterocycles. The van der Waals surface area contributed by atoms with Crippen LogP contribution in [0.25, 0.3) is 45.3 Å². The molecular formula is C42H33N3O. The van der Waals surface area contributed by atoms with Gasteiger partial charge in [0.05, 0.1) is 16.7 Å². The fourth-order valence-corrected chi connectivity index (χ4v) is 5.88. The number of aryl methyl sites for hydroxylation is 1. The molecule has 46 heavy (non-hydrogen) atoms. The Bertz CT molecular complexity index is 2260. The number of benzene rings is 6. The quantitative estimate of drug-likeness (QED) is 0.199. The smallest absolute Gasteiger partial charge is 0.136 e. The molecule has 0 amide bonds. The van der Waals surface area contributed by atoms with Crippen molar-refractivity contribution in [2.75, 3.05) is 0 Å². The van der Waals surface area contributed by atoms with E-state index >= 15 is 0 Å². The average Bonchev–Trinajstić information content (AvgIpc) is 3.31. The third-order valence-electron chi connectivity index (χ3n) is 8.17. The highest BCUT2D eigenvalue weighted by Gasteiger charge is 2.20. The number of allylic oxidation sites excluding steroid dienone is 1. The molecule has 4 nitrogen and oxygen atoms in total. The molecule has 0 spiro atoms. The maximum atomic E-state index is 8.52. The largest absolute Gasteiger partial charge is 0.456 e. The lowest BCUT2D eigenvalue weighted by Gasteiger charge is -2.14. The molecule has 1 aliphatic rings. The van der Waals surface area contributed by atoms with Gasteiger partial charge < -0.3 is 20.4 Å². The molecule has 0 aliphatic carbocycles. The molecular weight excluding hydrogens is 562 g/mol. The molecule has 8 rings (SSSR count). The van der Waals surface area contributed by atoms with Crippen molar-refractivity contribution in [2.45, 2.75) is 6.92 Å². The van der Waals surface area contributed by atoms with Crippen molar-refractivity contribution in [1.82, 2.24) is 4.57 Å². The molecule has 0 radical (unpaired) electrons. The van der Waals surface area contributed by atoms with E-state index in [-0.39, 0.29) is 0 Å². The Kier molecular flexibility index (Phi) is 7.76. The summed E-state index contributed by atoms with van der Waals surface area (Å²) < 4.78 is 8.70. The zero-order valence-electron chi connectivity index (χ0n) is 25.5. The van der Waals surface area contributed by atoms with Gasteiger partial charge in [-0.15, -0.1) is 0 Å². The standard InChI is InChI=1S/C35H25N3O.C7H8/c36-30(23-9-2-1-3-10-23)22-31(37)25-12-8-13-26(21-25)38-32-15-6-5-14-27(32)28-19-20-34-29(35(28)38)18-17-24-11-4-7-16-33(24)39-34;1-7-5-3-2-4-6-7/h1-22,36H,37H2;2-6H,1H3/b31-22-,36-30?;.